The molecule has 0 saturated carbocycles. The van der Waals surface area contributed by atoms with Gasteiger partial charge in [0.2, 0.25) is 0 Å². The van der Waals surface area contributed by atoms with E-state index in [0.29, 0.717) is 15.8 Å². The second-order valence-electron chi connectivity index (χ2n) is 7.48. The molecule has 0 aliphatic carbocycles. The first-order chi connectivity index (χ1) is 13.3. The van der Waals surface area contributed by atoms with Gasteiger partial charge in [0.05, 0.1) is 17.5 Å². The van der Waals surface area contributed by atoms with Crippen molar-refractivity contribution >= 4 is 28.3 Å². The minimum Gasteiger partial charge on any atom is -0.344 e. The Morgan fingerprint density at radius 2 is 1.61 bits per heavy atom. The first kappa shape index (κ1) is 20.1. The third-order valence-corrected chi connectivity index (χ3v) is 4.97. The van der Waals surface area contributed by atoms with E-state index in [9.17, 15) is 9.59 Å². The highest BCUT2D eigenvalue weighted by Gasteiger charge is 2.23. The number of hydrogen-bond acceptors (Lipinski definition) is 3. The maximum absolute atomic E-state index is 13.2. The zero-order valence-corrected chi connectivity index (χ0v) is 17.2. The topological polar surface area (TPSA) is 64.0 Å². The number of aromatic nitrogens is 2. The van der Waals surface area contributed by atoms with E-state index in [1.165, 1.54) is 4.68 Å². The van der Waals surface area contributed by atoms with Gasteiger partial charge in [0.1, 0.15) is 0 Å². The molecule has 146 valence electrons. The van der Waals surface area contributed by atoms with Crippen LogP contribution in [-0.2, 0) is 0 Å². The van der Waals surface area contributed by atoms with Crippen LogP contribution >= 0.6 is 11.6 Å². The highest BCUT2D eigenvalue weighted by Crippen LogP contribution is 2.24. The first-order valence-electron chi connectivity index (χ1n) is 9.37. The van der Waals surface area contributed by atoms with Crippen molar-refractivity contribution in [2.45, 2.75) is 39.8 Å². The molecular weight excluding hydrogens is 374 g/mol. The zero-order valence-electron chi connectivity index (χ0n) is 16.4. The normalized spacial score (nSPS) is 12.5. The molecule has 28 heavy (non-hydrogen) atoms. The second-order valence-corrected chi connectivity index (χ2v) is 7.92. The van der Waals surface area contributed by atoms with Crippen molar-refractivity contribution in [3.8, 4) is 0 Å². The van der Waals surface area contributed by atoms with E-state index < -0.39 is 0 Å². The fraction of sp³-hybridized carbons (Fsp3) is 0.318. The highest BCUT2D eigenvalue weighted by molar-refractivity contribution is 6.30. The van der Waals surface area contributed by atoms with E-state index in [-0.39, 0.29) is 35.2 Å². The molecule has 1 N–H and O–H groups in total. The number of benzene rings is 2. The Kier molecular flexibility index (Phi) is 5.84. The van der Waals surface area contributed by atoms with Gasteiger partial charge in [-0.1, -0.05) is 55.8 Å². The van der Waals surface area contributed by atoms with E-state index in [2.05, 4.69) is 10.4 Å². The van der Waals surface area contributed by atoms with Gasteiger partial charge >= 0.3 is 0 Å². The second kappa shape index (κ2) is 8.15. The van der Waals surface area contributed by atoms with Crippen molar-refractivity contribution in [3.63, 3.8) is 0 Å². The SMILES string of the molecule is CC(C)C(NC(=O)c1nn(C(C)C)c(=O)c2ccccc12)c1ccc(Cl)cc1. The Hall–Kier alpha value is -2.66. The maximum atomic E-state index is 13.2. The Morgan fingerprint density at radius 3 is 2.18 bits per heavy atom. The van der Waals surface area contributed by atoms with Crippen molar-refractivity contribution in [1.82, 2.24) is 15.1 Å². The molecule has 0 spiro atoms. The molecule has 6 heteroatoms. The summed E-state index contributed by atoms with van der Waals surface area (Å²) in [5.41, 5.74) is 1.03. The Bertz CT molecular complexity index is 1060. The van der Waals surface area contributed by atoms with Crippen LogP contribution in [0.25, 0.3) is 10.8 Å². The monoisotopic (exact) mass is 397 g/mol. The lowest BCUT2D eigenvalue weighted by atomic mass is 9.95. The smallest absolute Gasteiger partial charge is 0.274 e. The van der Waals surface area contributed by atoms with Crippen LogP contribution in [0.2, 0.25) is 5.02 Å². The van der Waals surface area contributed by atoms with E-state index >= 15 is 0 Å². The summed E-state index contributed by atoms with van der Waals surface area (Å²) in [6.07, 6.45) is 0. The quantitative estimate of drug-likeness (QED) is 0.675. The van der Waals surface area contributed by atoms with Crippen LogP contribution in [0.5, 0.6) is 0 Å². The third-order valence-electron chi connectivity index (χ3n) is 4.72. The minimum atomic E-state index is -0.306. The summed E-state index contributed by atoms with van der Waals surface area (Å²) in [5.74, 6) is -0.147. The van der Waals surface area contributed by atoms with Crippen LogP contribution in [0.1, 0.15) is 55.8 Å². The van der Waals surface area contributed by atoms with Gasteiger partial charge in [-0.2, -0.15) is 5.10 Å². The van der Waals surface area contributed by atoms with Crippen molar-refractivity contribution in [1.29, 1.82) is 0 Å². The molecule has 0 aliphatic heterocycles. The Morgan fingerprint density at radius 1 is 1.00 bits per heavy atom. The molecule has 1 aromatic heterocycles. The molecule has 3 rings (SSSR count). The largest absolute Gasteiger partial charge is 0.344 e. The molecule has 0 saturated heterocycles. The summed E-state index contributed by atoms with van der Waals surface area (Å²) in [7, 11) is 0. The number of hydrogen-bond donors (Lipinski definition) is 1. The third kappa shape index (κ3) is 3.94. The number of amides is 1. The predicted molar refractivity (Wildman–Crippen MR) is 113 cm³/mol. The summed E-state index contributed by atoms with van der Waals surface area (Å²) < 4.78 is 1.36. The standard InChI is InChI=1S/C22H24ClN3O2/c1-13(2)19(15-9-11-16(23)12-10-15)24-21(27)20-17-7-5-6-8-18(17)22(28)26(25-20)14(3)4/h5-14,19H,1-4H3,(H,24,27). The lowest BCUT2D eigenvalue weighted by Crippen LogP contribution is -2.35. The number of nitrogens with zero attached hydrogens (tertiary/aromatic N) is 2. The zero-order chi connectivity index (χ0) is 20.4. The number of carbonyl (C=O) groups excluding carboxylic acids is 1. The lowest BCUT2D eigenvalue weighted by molar-refractivity contribution is 0.0919. The molecule has 1 amide bonds. The van der Waals surface area contributed by atoms with Gasteiger partial charge in [0.15, 0.2) is 5.69 Å². The molecule has 0 fully saturated rings. The number of nitrogens with one attached hydrogen (secondary N) is 1. The maximum Gasteiger partial charge on any atom is 0.274 e. The van der Waals surface area contributed by atoms with E-state index in [0.717, 1.165) is 5.56 Å². The van der Waals surface area contributed by atoms with Crippen molar-refractivity contribution < 1.29 is 4.79 Å². The van der Waals surface area contributed by atoms with Crippen LogP contribution in [-0.4, -0.2) is 15.7 Å². The fourth-order valence-corrected chi connectivity index (χ4v) is 3.36. The van der Waals surface area contributed by atoms with Crippen LogP contribution < -0.4 is 10.9 Å². The lowest BCUT2D eigenvalue weighted by Gasteiger charge is -2.23. The van der Waals surface area contributed by atoms with Gasteiger partial charge in [-0.3, -0.25) is 9.59 Å². The average Bonchev–Trinajstić information content (AvgIpc) is 2.66. The molecule has 0 radical (unpaired) electrons. The van der Waals surface area contributed by atoms with Crippen LogP contribution in [0.3, 0.4) is 0 Å². The van der Waals surface area contributed by atoms with Crippen LogP contribution in [0.15, 0.2) is 53.3 Å². The van der Waals surface area contributed by atoms with Gasteiger partial charge in [-0.15, -0.1) is 0 Å². The summed E-state index contributed by atoms with van der Waals surface area (Å²) in [6.45, 7) is 7.82. The number of rotatable bonds is 5. The Balaban J connectivity index is 2.06. The molecule has 3 aromatic rings. The van der Waals surface area contributed by atoms with E-state index in [4.69, 9.17) is 11.6 Å². The van der Waals surface area contributed by atoms with Crippen LogP contribution in [0, 0.1) is 5.92 Å². The molecule has 0 bridgehead atoms. The van der Waals surface area contributed by atoms with Crippen molar-refractivity contribution in [2.75, 3.05) is 0 Å². The van der Waals surface area contributed by atoms with E-state index in [1.54, 1.807) is 24.3 Å². The van der Waals surface area contributed by atoms with Gasteiger partial charge in [0.25, 0.3) is 11.5 Å². The molecule has 0 aliphatic rings. The van der Waals surface area contributed by atoms with Crippen LogP contribution in [0.4, 0.5) is 0 Å². The molecule has 1 unspecified atom stereocenters. The van der Waals surface area contributed by atoms with Gasteiger partial charge in [-0.05, 0) is 43.5 Å². The fourth-order valence-electron chi connectivity index (χ4n) is 3.24. The van der Waals surface area contributed by atoms with Crippen molar-refractivity contribution in [3.05, 3.63) is 75.2 Å². The molecular formula is C22H24ClN3O2. The van der Waals surface area contributed by atoms with E-state index in [1.807, 2.05) is 52.0 Å². The minimum absolute atomic E-state index is 0.152. The highest BCUT2D eigenvalue weighted by atomic mass is 35.5. The number of fused-ring (bicyclic) bond motifs is 1. The van der Waals surface area contributed by atoms with Crippen molar-refractivity contribution in [2.24, 2.45) is 5.92 Å². The molecule has 2 aromatic carbocycles. The predicted octanol–water partition coefficient (Wildman–Crippen LogP) is 4.76. The molecule has 1 atom stereocenters. The molecule has 5 nitrogen and oxygen atoms in total. The summed E-state index contributed by atoms with van der Waals surface area (Å²) in [4.78, 5) is 25.9. The number of carbonyl (C=O) groups is 1. The summed E-state index contributed by atoms with van der Waals surface area (Å²) in [6, 6.07) is 14.2. The first-order valence-corrected chi connectivity index (χ1v) is 9.75. The summed E-state index contributed by atoms with van der Waals surface area (Å²) >= 11 is 6.00. The van der Waals surface area contributed by atoms with Gasteiger partial charge in [-0.25, -0.2) is 4.68 Å². The van der Waals surface area contributed by atoms with Gasteiger partial charge in [0, 0.05) is 10.4 Å². The Labute approximate surface area is 169 Å². The average molecular weight is 398 g/mol. The molecule has 1 heterocycles. The summed E-state index contributed by atoms with van der Waals surface area (Å²) in [5, 5.41) is 9.17. The number of halogens is 1. The van der Waals surface area contributed by atoms with Gasteiger partial charge < -0.3 is 5.32 Å².